The number of amides is 1. The minimum atomic E-state index is -0.781. The molecule has 0 aliphatic carbocycles. The minimum Gasteiger partial charge on any atom is -0.507 e. The number of hydrogen-bond donors (Lipinski definition) is 2. The topological polar surface area (TPSA) is 121 Å². The van der Waals surface area contributed by atoms with Crippen LogP contribution in [0.2, 0.25) is 5.02 Å². The second-order valence-electron chi connectivity index (χ2n) is 8.49. The lowest BCUT2D eigenvalue weighted by atomic mass is 9.99. The largest absolute Gasteiger partial charge is 0.507 e. The molecule has 2 aliphatic heterocycles. The number of carbonyl (C=O) groups excluding carboxylic acids is 2. The highest BCUT2D eigenvalue weighted by Gasteiger charge is 2.38. The first kappa shape index (κ1) is 26.6. The molecule has 0 saturated carbocycles. The zero-order chi connectivity index (χ0) is 25.5. The summed E-state index contributed by atoms with van der Waals surface area (Å²) >= 11 is 6.33. The van der Waals surface area contributed by atoms with E-state index in [0.29, 0.717) is 31.6 Å². The Morgan fingerprint density at radius 1 is 1.43 bits per heavy atom. The summed E-state index contributed by atoms with van der Waals surface area (Å²) in [6.45, 7) is 8.51. The van der Waals surface area contributed by atoms with E-state index in [0.717, 1.165) is 12.5 Å². The molecule has 0 unspecified atom stereocenters. The third-order valence-corrected chi connectivity index (χ3v) is 6.20. The summed E-state index contributed by atoms with van der Waals surface area (Å²) in [6.07, 6.45) is 6.33. The van der Waals surface area contributed by atoms with E-state index >= 15 is 0 Å². The summed E-state index contributed by atoms with van der Waals surface area (Å²) in [4.78, 5) is 31.8. The van der Waals surface area contributed by atoms with Crippen molar-refractivity contribution < 1.29 is 34.1 Å². The Balaban J connectivity index is 1.73. The fraction of sp³-hybridized carbons (Fsp3) is 0.480. The van der Waals surface area contributed by atoms with Gasteiger partial charge in [-0.25, -0.2) is 4.79 Å². The van der Waals surface area contributed by atoms with Gasteiger partial charge in [-0.3, -0.25) is 4.79 Å². The SMILES string of the molecule is C=C[C@@H]1O[C@H]1C[C@@H](C)OC(=O)c1c(O)cc(O)c(Cl)c1CC(/C=C/C)=N\OCCN1CCCC1=O. The molecule has 2 heterocycles. The van der Waals surface area contributed by atoms with Crippen molar-refractivity contribution in [3.8, 4) is 11.5 Å². The third-order valence-electron chi connectivity index (χ3n) is 5.77. The van der Waals surface area contributed by atoms with E-state index in [4.69, 9.17) is 25.9 Å². The van der Waals surface area contributed by atoms with E-state index in [1.165, 1.54) is 0 Å². The number of benzene rings is 1. The lowest BCUT2D eigenvalue weighted by Crippen LogP contribution is -2.28. The van der Waals surface area contributed by atoms with E-state index in [1.54, 1.807) is 37.0 Å². The standard InChI is InChI=1S/C25H31ClN2O7/c1-4-7-16(27-33-11-10-28-9-6-8-22(28)31)13-17-23(18(29)14-19(30)24(17)26)25(32)34-15(3)12-21-20(5-2)35-21/h4-5,7,14-15,20-21,29-30H,2,6,8-13H2,1,3H3/b7-4+,27-16-/t15-,20+,21+/m1/s1. The molecule has 190 valence electrons. The molecule has 0 spiro atoms. The van der Waals surface area contributed by atoms with E-state index in [9.17, 15) is 19.8 Å². The summed E-state index contributed by atoms with van der Waals surface area (Å²) in [6, 6.07) is 1.00. The van der Waals surface area contributed by atoms with Crippen molar-refractivity contribution in [2.24, 2.45) is 5.16 Å². The van der Waals surface area contributed by atoms with Crippen LogP contribution in [0.4, 0.5) is 0 Å². The van der Waals surface area contributed by atoms with Crippen LogP contribution in [0.3, 0.4) is 0 Å². The average molecular weight is 507 g/mol. The summed E-state index contributed by atoms with van der Waals surface area (Å²) in [5.41, 5.74) is 0.397. The van der Waals surface area contributed by atoms with Crippen LogP contribution in [0, 0.1) is 0 Å². The summed E-state index contributed by atoms with van der Waals surface area (Å²) < 4.78 is 10.9. The maximum atomic E-state index is 13.0. The second-order valence-corrected chi connectivity index (χ2v) is 8.86. The zero-order valence-corrected chi connectivity index (χ0v) is 20.7. The Hall–Kier alpha value is -3.04. The van der Waals surface area contributed by atoms with Crippen LogP contribution in [0.5, 0.6) is 11.5 Å². The smallest absolute Gasteiger partial charge is 0.342 e. The Kier molecular flexibility index (Phi) is 9.17. The van der Waals surface area contributed by atoms with E-state index in [1.807, 2.05) is 0 Å². The Morgan fingerprint density at radius 3 is 2.83 bits per heavy atom. The minimum absolute atomic E-state index is 0.0170. The number of rotatable bonds is 12. The monoisotopic (exact) mass is 506 g/mol. The fourth-order valence-electron chi connectivity index (χ4n) is 3.96. The molecule has 1 amide bonds. The van der Waals surface area contributed by atoms with Gasteiger partial charge in [-0.2, -0.15) is 0 Å². The summed E-state index contributed by atoms with van der Waals surface area (Å²) in [5, 5.41) is 24.6. The highest BCUT2D eigenvalue weighted by Crippen LogP contribution is 2.37. The van der Waals surface area contributed by atoms with Crippen LogP contribution in [0.15, 0.2) is 36.0 Å². The molecule has 0 radical (unpaired) electrons. The zero-order valence-electron chi connectivity index (χ0n) is 19.9. The number of aromatic hydroxyl groups is 2. The van der Waals surface area contributed by atoms with Gasteiger partial charge >= 0.3 is 5.97 Å². The average Bonchev–Trinajstić information content (AvgIpc) is 3.43. The number of ether oxygens (including phenoxy) is 2. The lowest BCUT2D eigenvalue weighted by Gasteiger charge is -2.17. The summed E-state index contributed by atoms with van der Waals surface area (Å²) in [5.74, 6) is -1.52. The first-order chi connectivity index (χ1) is 16.7. The number of halogens is 1. The molecule has 2 fully saturated rings. The van der Waals surface area contributed by atoms with Crippen molar-refractivity contribution >= 4 is 29.2 Å². The van der Waals surface area contributed by atoms with Crippen molar-refractivity contribution in [1.29, 1.82) is 0 Å². The number of oxime groups is 1. The molecule has 9 nitrogen and oxygen atoms in total. The maximum Gasteiger partial charge on any atom is 0.342 e. The highest BCUT2D eigenvalue weighted by molar-refractivity contribution is 6.33. The number of phenols is 2. The van der Waals surface area contributed by atoms with Crippen molar-refractivity contribution in [2.45, 2.75) is 57.8 Å². The van der Waals surface area contributed by atoms with Gasteiger partial charge in [0.1, 0.15) is 35.9 Å². The van der Waals surface area contributed by atoms with Crippen LogP contribution in [0.1, 0.15) is 49.0 Å². The molecule has 0 aromatic heterocycles. The van der Waals surface area contributed by atoms with Crippen molar-refractivity contribution in [3.05, 3.63) is 47.0 Å². The van der Waals surface area contributed by atoms with Gasteiger partial charge < -0.3 is 29.4 Å². The number of nitrogens with zero attached hydrogens (tertiary/aromatic N) is 2. The van der Waals surface area contributed by atoms with Gasteiger partial charge in [0.25, 0.3) is 0 Å². The van der Waals surface area contributed by atoms with Crippen LogP contribution in [-0.2, 0) is 25.5 Å². The number of allylic oxidation sites excluding steroid dienone is 2. The van der Waals surface area contributed by atoms with E-state index in [-0.39, 0.29) is 53.0 Å². The molecular formula is C25H31ClN2O7. The van der Waals surface area contributed by atoms with Crippen LogP contribution in [-0.4, -0.2) is 70.7 Å². The van der Waals surface area contributed by atoms with Crippen LogP contribution < -0.4 is 0 Å². The van der Waals surface area contributed by atoms with Crippen LogP contribution >= 0.6 is 11.6 Å². The van der Waals surface area contributed by atoms with Crippen LogP contribution in [0.25, 0.3) is 0 Å². The quantitative estimate of drug-likeness (QED) is 0.110. The number of carbonyl (C=O) groups is 2. The van der Waals surface area contributed by atoms with Gasteiger partial charge in [0.05, 0.1) is 23.4 Å². The van der Waals surface area contributed by atoms with E-state index in [2.05, 4.69) is 11.7 Å². The molecule has 2 saturated heterocycles. The predicted octanol–water partition coefficient (Wildman–Crippen LogP) is 3.75. The van der Waals surface area contributed by atoms with Crippen molar-refractivity contribution in [2.75, 3.05) is 19.7 Å². The molecule has 3 rings (SSSR count). The van der Waals surface area contributed by atoms with Crippen molar-refractivity contribution in [3.63, 3.8) is 0 Å². The van der Waals surface area contributed by atoms with Gasteiger partial charge in [-0.05, 0) is 31.9 Å². The number of phenolic OH excluding ortho intramolecular Hbond substituents is 2. The molecule has 0 bridgehead atoms. The fourth-order valence-corrected chi connectivity index (χ4v) is 4.18. The molecule has 2 N–H and O–H groups in total. The highest BCUT2D eigenvalue weighted by atomic mass is 35.5. The van der Waals surface area contributed by atoms with Gasteiger partial charge in [0, 0.05) is 31.9 Å². The lowest BCUT2D eigenvalue weighted by molar-refractivity contribution is -0.128. The molecule has 2 aliphatic rings. The van der Waals surface area contributed by atoms with Gasteiger partial charge in [0.2, 0.25) is 5.91 Å². The molecule has 1 aromatic rings. The molecule has 3 atom stereocenters. The second kappa shape index (κ2) is 12.1. The summed E-state index contributed by atoms with van der Waals surface area (Å²) in [7, 11) is 0. The maximum absolute atomic E-state index is 13.0. The van der Waals surface area contributed by atoms with E-state index < -0.39 is 17.8 Å². The first-order valence-corrected chi connectivity index (χ1v) is 11.9. The van der Waals surface area contributed by atoms with Gasteiger partial charge in [-0.1, -0.05) is 28.9 Å². The van der Waals surface area contributed by atoms with Gasteiger partial charge in [-0.15, -0.1) is 6.58 Å². The molecule has 35 heavy (non-hydrogen) atoms. The number of esters is 1. The van der Waals surface area contributed by atoms with Gasteiger partial charge in [0.15, 0.2) is 0 Å². The third kappa shape index (κ3) is 6.99. The van der Waals surface area contributed by atoms with Crippen molar-refractivity contribution in [1.82, 2.24) is 4.90 Å². The normalized spacial score (nSPS) is 20.8. The molecule has 10 heteroatoms. The Labute approximate surface area is 209 Å². The predicted molar refractivity (Wildman–Crippen MR) is 131 cm³/mol. The molecular weight excluding hydrogens is 476 g/mol. The Morgan fingerprint density at radius 2 is 2.20 bits per heavy atom. The first-order valence-electron chi connectivity index (χ1n) is 11.6. The number of hydrogen-bond acceptors (Lipinski definition) is 8. The Bertz CT molecular complexity index is 1020. The number of likely N-dealkylation sites (tertiary alicyclic amines) is 1. The molecule has 1 aromatic carbocycles. The number of epoxide rings is 1.